The first-order valence-corrected chi connectivity index (χ1v) is 8.83. The average Bonchev–Trinajstić information content (AvgIpc) is 3.33. The highest BCUT2D eigenvalue weighted by molar-refractivity contribution is 5.26. The van der Waals surface area contributed by atoms with Gasteiger partial charge in [0.05, 0.1) is 12.7 Å². The maximum absolute atomic E-state index is 6.21. The van der Waals surface area contributed by atoms with Gasteiger partial charge in [-0.15, -0.1) is 0 Å². The van der Waals surface area contributed by atoms with Crippen LogP contribution in [0.2, 0.25) is 0 Å². The van der Waals surface area contributed by atoms with Gasteiger partial charge in [0.25, 0.3) is 0 Å². The van der Waals surface area contributed by atoms with E-state index in [1.165, 1.54) is 62.5 Å². The Morgan fingerprint density at radius 1 is 0.905 bits per heavy atom. The van der Waals surface area contributed by atoms with Crippen LogP contribution in [0.3, 0.4) is 0 Å². The molecule has 2 aliphatic carbocycles. The lowest BCUT2D eigenvalue weighted by atomic mass is 10.0. The topological polar surface area (TPSA) is 21.3 Å². The van der Waals surface area contributed by atoms with Crippen LogP contribution >= 0.6 is 0 Å². The van der Waals surface area contributed by atoms with E-state index in [0.29, 0.717) is 6.10 Å². The van der Waals surface area contributed by atoms with Crippen LogP contribution in [0.1, 0.15) is 62.5 Å². The second-order valence-electron chi connectivity index (χ2n) is 6.67. The molecule has 0 heterocycles. The summed E-state index contributed by atoms with van der Waals surface area (Å²) >= 11 is 0. The zero-order valence-corrected chi connectivity index (χ0v) is 13.2. The highest BCUT2D eigenvalue weighted by atomic mass is 16.5. The van der Waals surface area contributed by atoms with Crippen molar-refractivity contribution >= 4 is 0 Å². The summed E-state index contributed by atoms with van der Waals surface area (Å²) in [6.45, 7) is 1.90. The van der Waals surface area contributed by atoms with Gasteiger partial charge in [-0.05, 0) is 49.8 Å². The minimum atomic E-state index is 0.491. The third-order valence-electron chi connectivity index (χ3n) is 4.80. The lowest BCUT2D eigenvalue weighted by Gasteiger charge is -2.17. The quantitative estimate of drug-likeness (QED) is 0.758. The maximum Gasteiger partial charge on any atom is 0.0723 e. The van der Waals surface area contributed by atoms with Gasteiger partial charge in [-0.25, -0.2) is 0 Å². The summed E-state index contributed by atoms with van der Waals surface area (Å²) < 4.78 is 6.21. The van der Waals surface area contributed by atoms with Crippen LogP contribution in [0, 0.1) is 0 Å². The normalized spacial score (nSPS) is 20.4. The molecular formula is C19H29NO. The average molecular weight is 287 g/mol. The Morgan fingerprint density at radius 2 is 1.62 bits per heavy atom. The van der Waals surface area contributed by atoms with Gasteiger partial charge < -0.3 is 10.1 Å². The lowest BCUT2D eigenvalue weighted by Crippen LogP contribution is -2.20. The Kier molecular flexibility index (Phi) is 5.70. The molecule has 2 saturated carbocycles. The first kappa shape index (κ1) is 15.1. The molecular weight excluding hydrogens is 258 g/mol. The van der Waals surface area contributed by atoms with Gasteiger partial charge in [0.2, 0.25) is 0 Å². The third kappa shape index (κ3) is 5.12. The van der Waals surface area contributed by atoms with Gasteiger partial charge in [-0.2, -0.15) is 0 Å². The summed E-state index contributed by atoms with van der Waals surface area (Å²) in [6, 6.07) is 9.61. The van der Waals surface area contributed by atoms with Crippen molar-refractivity contribution in [2.24, 2.45) is 0 Å². The zero-order chi connectivity index (χ0) is 14.3. The van der Waals surface area contributed by atoms with Crippen molar-refractivity contribution in [3.05, 3.63) is 35.4 Å². The summed E-state index contributed by atoms with van der Waals surface area (Å²) in [5.41, 5.74) is 2.85. The van der Waals surface area contributed by atoms with Crippen molar-refractivity contribution in [1.29, 1.82) is 0 Å². The van der Waals surface area contributed by atoms with Crippen LogP contribution in [0.4, 0.5) is 0 Å². The minimum Gasteiger partial charge on any atom is -0.374 e. The van der Waals surface area contributed by atoms with E-state index in [2.05, 4.69) is 29.6 Å². The van der Waals surface area contributed by atoms with Gasteiger partial charge in [-0.3, -0.25) is 0 Å². The smallest absolute Gasteiger partial charge is 0.0723 e. The maximum atomic E-state index is 6.21. The van der Waals surface area contributed by atoms with Crippen molar-refractivity contribution in [1.82, 2.24) is 5.32 Å². The standard InChI is InChI=1S/C19H29NO/c1-2-4-10-19(9-3-1)21-15-17-8-6-5-7-16(17)13-14-20-18-11-12-18/h5-8,18-20H,1-4,9-15H2. The van der Waals surface area contributed by atoms with E-state index in [1.54, 1.807) is 0 Å². The van der Waals surface area contributed by atoms with Gasteiger partial charge >= 0.3 is 0 Å². The van der Waals surface area contributed by atoms with Gasteiger partial charge in [-0.1, -0.05) is 49.9 Å². The van der Waals surface area contributed by atoms with E-state index in [0.717, 1.165) is 25.6 Å². The molecule has 0 saturated heterocycles. The molecule has 116 valence electrons. The Balaban J connectivity index is 1.48. The molecule has 1 aromatic carbocycles. The van der Waals surface area contributed by atoms with E-state index in [4.69, 9.17) is 4.74 Å². The first-order valence-electron chi connectivity index (χ1n) is 8.83. The second-order valence-corrected chi connectivity index (χ2v) is 6.67. The molecule has 0 aromatic heterocycles. The Morgan fingerprint density at radius 3 is 2.33 bits per heavy atom. The van der Waals surface area contributed by atoms with E-state index >= 15 is 0 Å². The summed E-state index contributed by atoms with van der Waals surface area (Å²) in [7, 11) is 0. The molecule has 1 N–H and O–H groups in total. The molecule has 0 amide bonds. The molecule has 0 unspecified atom stereocenters. The van der Waals surface area contributed by atoms with Crippen LogP contribution in [-0.4, -0.2) is 18.7 Å². The summed E-state index contributed by atoms with van der Waals surface area (Å²) in [4.78, 5) is 0. The lowest BCUT2D eigenvalue weighted by molar-refractivity contribution is 0.0306. The summed E-state index contributed by atoms with van der Waals surface area (Å²) in [6.07, 6.45) is 12.3. The fraction of sp³-hybridized carbons (Fsp3) is 0.684. The molecule has 1 aromatic rings. The highest BCUT2D eigenvalue weighted by Crippen LogP contribution is 2.22. The molecule has 0 bridgehead atoms. The number of nitrogens with one attached hydrogen (secondary N) is 1. The summed E-state index contributed by atoms with van der Waals surface area (Å²) in [5, 5.41) is 3.61. The van der Waals surface area contributed by atoms with Gasteiger partial charge in [0.1, 0.15) is 0 Å². The molecule has 2 nitrogen and oxygen atoms in total. The molecule has 0 aliphatic heterocycles. The van der Waals surface area contributed by atoms with Crippen LogP contribution in [0.15, 0.2) is 24.3 Å². The zero-order valence-electron chi connectivity index (χ0n) is 13.2. The van der Waals surface area contributed by atoms with E-state index in [9.17, 15) is 0 Å². The van der Waals surface area contributed by atoms with Crippen LogP contribution in [0.25, 0.3) is 0 Å². The highest BCUT2D eigenvalue weighted by Gasteiger charge is 2.19. The van der Waals surface area contributed by atoms with E-state index in [1.807, 2.05) is 0 Å². The number of hydrogen-bond donors (Lipinski definition) is 1. The molecule has 2 heteroatoms. The molecule has 2 fully saturated rings. The van der Waals surface area contributed by atoms with Crippen molar-refractivity contribution in [3.63, 3.8) is 0 Å². The fourth-order valence-corrected chi connectivity index (χ4v) is 3.26. The van der Waals surface area contributed by atoms with Crippen LogP contribution < -0.4 is 5.32 Å². The Hall–Kier alpha value is -0.860. The number of benzene rings is 1. The Labute approximate surface area is 129 Å². The number of hydrogen-bond acceptors (Lipinski definition) is 2. The molecule has 21 heavy (non-hydrogen) atoms. The molecule has 0 atom stereocenters. The molecule has 2 aliphatic rings. The van der Waals surface area contributed by atoms with Crippen molar-refractivity contribution in [3.8, 4) is 0 Å². The second kappa shape index (κ2) is 7.95. The monoisotopic (exact) mass is 287 g/mol. The first-order chi connectivity index (χ1) is 10.4. The third-order valence-corrected chi connectivity index (χ3v) is 4.80. The predicted molar refractivity (Wildman–Crippen MR) is 87.4 cm³/mol. The van der Waals surface area contributed by atoms with E-state index < -0.39 is 0 Å². The SMILES string of the molecule is c1ccc(COC2CCCCCC2)c(CCNC2CC2)c1. The molecule has 0 radical (unpaired) electrons. The van der Waals surface area contributed by atoms with Crippen molar-refractivity contribution in [2.75, 3.05) is 6.54 Å². The largest absolute Gasteiger partial charge is 0.374 e. The number of ether oxygens (including phenoxy) is 1. The molecule has 3 rings (SSSR count). The summed E-state index contributed by atoms with van der Waals surface area (Å²) in [5.74, 6) is 0. The van der Waals surface area contributed by atoms with Crippen LogP contribution in [-0.2, 0) is 17.8 Å². The molecule has 0 spiro atoms. The van der Waals surface area contributed by atoms with Gasteiger partial charge in [0.15, 0.2) is 0 Å². The Bertz CT molecular complexity index is 419. The van der Waals surface area contributed by atoms with Crippen molar-refractivity contribution in [2.45, 2.75) is 76.5 Å². The minimum absolute atomic E-state index is 0.491. The van der Waals surface area contributed by atoms with Crippen molar-refractivity contribution < 1.29 is 4.74 Å². The number of rotatable bonds is 7. The van der Waals surface area contributed by atoms with Crippen LogP contribution in [0.5, 0.6) is 0 Å². The fourth-order valence-electron chi connectivity index (χ4n) is 3.26. The van der Waals surface area contributed by atoms with Gasteiger partial charge in [0, 0.05) is 6.04 Å². The van der Waals surface area contributed by atoms with E-state index in [-0.39, 0.29) is 0 Å². The predicted octanol–water partition coefficient (Wildman–Crippen LogP) is 4.22.